The Bertz CT molecular complexity index is 840. The summed E-state index contributed by atoms with van der Waals surface area (Å²) in [6.07, 6.45) is 4.08. The predicted molar refractivity (Wildman–Crippen MR) is 112 cm³/mol. The van der Waals surface area contributed by atoms with Gasteiger partial charge in [-0.05, 0) is 63.9 Å². The van der Waals surface area contributed by atoms with E-state index in [1.807, 2.05) is 31.2 Å². The first-order valence-electron chi connectivity index (χ1n) is 10.4. The number of aromatic nitrogens is 1. The van der Waals surface area contributed by atoms with Crippen molar-refractivity contribution in [1.29, 1.82) is 0 Å². The molecule has 1 atom stereocenters. The van der Waals surface area contributed by atoms with Gasteiger partial charge in [0, 0.05) is 36.2 Å². The van der Waals surface area contributed by atoms with Crippen molar-refractivity contribution in [3.8, 4) is 11.5 Å². The molecule has 0 radical (unpaired) electrons. The number of aryl methyl sites for hydroxylation is 1. The fourth-order valence-corrected chi connectivity index (χ4v) is 4.24. The van der Waals surface area contributed by atoms with E-state index < -0.39 is 0 Å². The highest BCUT2D eigenvalue weighted by Crippen LogP contribution is 2.26. The minimum Gasteiger partial charge on any atom is -0.441 e. The monoisotopic (exact) mass is 417 g/mol. The first-order valence-corrected chi connectivity index (χ1v) is 10.8. The van der Waals surface area contributed by atoms with Crippen LogP contribution in [0.4, 0.5) is 0 Å². The van der Waals surface area contributed by atoms with Crippen LogP contribution in [0.5, 0.6) is 0 Å². The highest BCUT2D eigenvalue weighted by molar-refractivity contribution is 6.30. The number of nitrogens with zero attached hydrogens (tertiary/aromatic N) is 2. The minimum absolute atomic E-state index is 0.0908. The van der Waals surface area contributed by atoms with Crippen LogP contribution < -0.4 is 5.32 Å². The fraction of sp³-hybridized carbons (Fsp3) is 0.545. The number of carbonyl (C=O) groups excluding carboxylic acids is 1. The SMILES string of the molecule is Cc1oc(-c2cccc(Cl)c2)nc1CN1CCC(C(=O)NC[C@@H]2CCCO2)CC1. The van der Waals surface area contributed by atoms with Gasteiger partial charge in [-0.15, -0.1) is 0 Å². The number of carbonyl (C=O) groups is 1. The Labute approximate surface area is 176 Å². The number of piperidine rings is 1. The largest absolute Gasteiger partial charge is 0.441 e. The lowest BCUT2D eigenvalue weighted by Crippen LogP contribution is -2.42. The molecule has 6 nitrogen and oxygen atoms in total. The third-order valence-electron chi connectivity index (χ3n) is 5.82. The maximum absolute atomic E-state index is 12.4. The zero-order chi connectivity index (χ0) is 20.2. The third-order valence-corrected chi connectivity index (χ3v) is 6.06. The summed E-state index contributed by atoms with van der Waals surface area (Å²) in [5.41, 5.74) is 1.83. The van der Waals surface area contributed by atoms with Crippen LogP contribution in [0.15, 0.2) is 28.7 Å². The summed E-state index contributed by atoms with van der Waals surface area (Å²) >= 11 is 6.08. The molecule has 2 aliphatic heterocycles. The van der Waals surface area contributed by atoms with Crippen molar-refractivity contribution in [2.24, 2.45) is 5.92 Å². The molecule has 3 heterocycles. The summed E-state index contributed by atoms with van der Waals surface area (Å²) in [5.74, 6) is 1.69. The number of amides is 1. The van der Waals surface area contributed by atoms with Crippen LogP contribution in [0.2, 0.25) is 5.02 Å². The van der Waals surface area contributed by atoms with Crippen LogP contribution in [0.1, 0.15) is 37.1 Å². The van der Waals surface area contributed by atoms with Gasteiger partial charge in [0.15, 0.2) is 0 Å². The topological polar surface area (TPSA) is 67.6 Å². The van der Waals surface area contributed by atoms with E-state index in [2.05, 4.69) is 15.2 Å². The van der Waals surface area contributed by atoms with Gasteiger partial charge in [0.2, 0.25) is 11.8 Å². The molecule has 4 rings (SSSR count). The molecule has 156 valence electrons. The van der Waals surface area contributed by atoms with Crippen LogP contribution >= 0.6 is 11.6 Å². The smallest absolute Gasteiger partial charge is 0.226 e. The highest BCUT2D eigenvalue weighted by atomic mass is 35.5. The molecule has 29 heavy (non-hydrogen) atoms. The Morgan fingerprint density at radius 2 is 2.14 bits per heavy atom. The molecule has 0 spiro atoms. The quantitative estimate of drug-likeness (QED) is 0.774. The molecular weight excluding hydrogens is 390 g/mol. The number of benzene rings is 1. The number of likely N-dealkylation sites (tertiary alicyclic amines) is 1. The molecule has 1 amide bonds. The van der Waals surface area contributed by atoms with Gasteiger partial charge in [0.05, 0.1) is 11.8 Å². The second-order valence-corrected chi connectivity index (χ2v) is 8.40. The van der Waals surface area contributed by atoms with Gasteiger partial charge in [0.1, 0.15) is 5.76 Å². The molecule has 0 unspecified atom stereocenters. The number of hydrogen-bond donors (Lipinski definition) is 1. The summed E-state index contributed by atoms with van der Waals surface area (Å²) in [5, 5.41) is 3.74. The van der Waals surface area contributed by atoms with Crippen LogP contribution in [0.3, 0.4) is 0 Å². The van der Waals surface area contributed by atoms with E-state index in [9.17, 15) is 4.79 Å². The number of ether oxygens (including phenoxy) is 1. The van der Waals surface area contributed by atoms with Crippen LogP contribution in [-0.4, -0.2) is 48.1 Å². The molecule has 0 aliphatic carbocycles. The third kappa shape index (κ3) is 5.18. The van der Waals surface area contributed by atoms with E-state index in [0.717, 1.165) is 68.9 Å². The van der Waals surface area contributed by atoms with Gasteiger partial charge in [-0.25, -0.2) is 4.98 Å². The standard InChI is InChI=1S/C22H28ClN3O3/c1-15-20(25-22(29-15)17-4-2-5-18(23)12-17)14-26-9-7-16(8-10-26)21(27)24-13-19-6-3-11-28-19/h2,4-5,12,16,19H,3,6-11,13-14H2,1H3,(H,24,27)/t19-/m0/s1. The van der Waals surface area contributed by atoms with Crippen molar-refractivity contribution < 1.29 is 13.9 Å². The summed E-state index contributed by atoms with van der Waals surface area (Å²) in [4.78, 5) is 19.5. The molecule has 2 aliphatic rings. The maximum Gasteiger partial charge on any atom is 0.226 e. The first kappa shape index (κ1) is 20.4. The van der Waals surface area contributed by atoms with E-state index in [1.165, 1.54) is 0 Å². The normalized spacial score (nSPS) is 20.8. The van der Waals surface area contributed by atoms with Crippen molar-refractivity contribution >= 4 is 17.5 Å². The first-order chi connectivity index (χ1) is 14.1. The lowest BCUT2D eigenvalue weighted by Gasteiger charge is -2.31. The molecule has 2 aromatic rings. The number of oxazole rings is 1. The summed E-state index contributed by atoms with van der Waals surface area (Å²) in [6, 6.07) is 7.54. The Morgan fingerprint density at radius 1 is 1.31 bits per heavy atom. The molecular formula is C22H28ClN3O3. The summed E-state index contributed by atoms with van der Waals surface area (Å²) < 4.78 is 11.4. The molecule has 0 saturated carbocycles. The highest BCUT2D eigenvalue weighted by Gasteiger charge is 2.27. The van der Waals surface area contributed by atoms with Crippen molar-refractivity contribution in [3.05, 3.63) is 40.7 Å². The van der Waals surface area contributed by atoms with Gasteiger partial charge < -0.3 is 14.5 Å². The van der Waals surface area contributed by atoms with Gasteiger partial charge in [-0.3, -0.25) is 9.69 Å². The number of nitrogens with one attached hydrogen (secondary N) is 1. The molecule has 0 bridgehead atoms. The van der Waals surface area contributed by atoms with E-state index in [-0.39, 0.29) is 17.9 Å². The van der Waals surface area contributed by atoms with Crippen LogP contribution in [0.25, 0.3) is 11.5 Å². The minimum atomic E-state index is 0.0908. The molecule has 2 saturated heterocycles. The second-order valence-electron chi connectivity index (χ2n) is 7.96. The molecule has 1 N–H and O–H groups in total. The predicted octanol–water partition coefficient (Wildman–Crippen LogP) is 3.81. The molecule has 1 aromatic carbocycles. The van der Waals surface area contributed by atoms with Crippen LogP contribution in [-0.2, 0) is 16.1 Å². The number of hydrogen-bond acceptors (Lipinski definition) is 5. The van der Waals surface area contributed by atoms with Crippen molar-refractivity contribution in [1.82, 2.24) is 15.2 Å². The van der Waals surface area contributed by atoms with Gasteiger partial charge in [0.25, 0.3) is 0 Å². The lowest BCUT2D eigenvalue weighted by atomic mass is 9.95. The Morgan fingerprint density at radius 3 is 2.86 bits per heavy atom. The van der Waals surface area contributed by atoms with E-state index in [0.29, 0.717) is 17.5 Å². The Hall–Kier alpha value is -1.89. The molecule has 2 fully saturated rings. The average molecular weight is 418 g/mol. The average Bonchev–Trinajstić information content (AvgIpc) is 3.37. The van der Waals surface area contributed by atoms with Crippen LogP contribution in [0, 0.1) is 12.8 Å². The van der Waals surface area contributed by atoms with Crippen molar-refractivity contribution in [3.63, 3.8) is 0 Å². The Balaban J connectivity index is 1.28. The van der Waals surface area contributed by atoms with Gasteiger partial charge >= 0.3 is 0 Å². The van der Waals surface area contributed by atoms with E-state index >= 15 is 0 Å². The lowest BCUT2D eigenvalue weighted by molar-refractivity contribution is -0.127. The fourth-order valence-electron chi connectivity index (χ4n) is 4.05. The Kier molecular flexibility index (Phi) is 6.53. The summed E-state index contributed by atoms with van der Waals surface area (Å²) in [7, 11) is 0. The van der Waals surface area contributed by atoms with E-state index in [1.54, 1.807) is 0 Å². The maximum atomic E-state index is 12.4. The second kappa shape index (κ2) is 9.28. The van der Waals surface area contributed by atoms with Crippen molar-refractivity contribution in [2.75, 3.05) is 26.2 Å². The van der Waals surface area contributed by atoms with Gasteiger partial charge in [-0.1, -0.05) is 17.7 Å². The van der Waals surface area contributed by atoms with E-state index in [4.69, 9.17) is 20.8 Å². The number of halogens is 1. The van der Waals surface area contributed by atoms with Gasteiger partial charge in [-0.2, -0.15) is 0 Å². The van der Waals surface area contributed by atoms with Crippen molar-refractivity contribution in [2.45, 2.75) is 45.3 Å². The zero-order valence-corrected chi connectivity index (χ0v) is 17.6. The summed E-state index contributed by atoms with van der Waals surface area (Å²) in [6.45, 7) is 5.92. The molecule has 1 aromatic heterocycles. The number of rotatable bonds is 6. The molecule has 7 heteroatoms. The zero-order valence-electron chi connectivity index (χ0n) is 16.8.